The summed E-state index contributed by atoms with van der Waals surface area (Å²) < 4.78 is 37.7. The van der Waals surface area contributed by atoms with E-state index in [0.717, 1.165) is 23.4 Å². The number of nitrogens with one attached hydrogen (secondary N) is 1. The largest absolute Gasteiger partial charge is 0.497 e. The number of aromatic nitrogens is 1. The van der Waals surface area contributed by atoms with Gasteiger partial charge in [0.15, 0.2) is 11.7 Å². The molecular weight excluding hydrogens is 404 g/mol. The second-order valence-electron chi connectivity index (χ2n) is 7.30. The van der Waals surface area contributed by atoms with Gasteiger partial charge in [-0.3, -0.25) is 4.79 Å². The summed E-state index contributed by atoms with van der Waals surface area (Å²) >= 11 is 0. The van der Waals surface area contributed by atoms with E-state index in [2.05, 4.69) is 10.3 Å². The van der Waals surface area contributed by atoms with Crippen molar-refractivity contribution in [1.82, 2.24) is 15.2 Å². The highest BCUT2D eigenvalue weighted by atomic mass is 19.1. The molecule has 0 radical (unpaired) electrons. The molecule has 6 nitrogen and oxygen atoms in total. The highest BCUT2D eigenvalue weighted by Crippen LogP contribution is 2.25. The smallest absolute Gasteiger partial charge is 0.220 e. The van der Waals surface area contributed by atoms with Crippen LogP contribution in [0.4, 0.5) is 8.78 Å². The monoisotopic (exact) mass is 429 g/mol. The lowest BCUT2D eigenvalue weighted by Gasteiger charge is -2.25. The van der Waals surface area contributed by atoms with Crippen molar-refractivity contribution in [2.75, 3.05) is 27.7 Å². The molecule has 164 valence electrons. The van der Waals surface area contributed by atoms with Crippen molar-refractivity contribution in [2.24, 2.45) is 0 Å². The zero-order valence-corrected chi connectivity index (χ0v) is 17.7. The maximum atomic E-state index is 13.9. The minimum atomic E-state index is -0.728. The molecule has 1 aromatic heterocycles. The number of methoxy groups -OCH3 is 1. The van der Waals surface area contributed by atoms with E-state index >= 15 is 0 Å². The number of aryl methyl sites for hydroxylation is 1. The molecule has 0 fully saturated rings. The van der Waals surface area contributed by atoms with Crippen LogP contribution in [0.1, 0.15) is 23.9 Å². The van der Waals surface area contributed by atoms with Crippen LogP contribution in [-0.2, 0) is 11.2 Å². The van der Waals surface area contributed by atoms with Gasteiger partial charge in [-0.15, -0.1) is 0 Å². The van der Waals surface area contributed by atoms with Gasteiger partial charge in [-0.05, 0) is 43.9 Å². The van der Waals surface area contributed by atoms with E-state index in [1.54, 1.807) is 7.11 Å². The van der Waals surface area contributed by atoms with Crippen LogP contribution in [-0.4, -0.2) is 43.5 Å². The number of carbonyl (C=O) groups is 1. The Hall–Kier alpha value is -3.26. The number of oxazole rings is 1. The Balaban J connectivity index is 1.54. The van der Waals surface area contributed by atoms with Crippen molar-refractivity contribution in [2.45, 2.75) is 18.9 Å². The fraction of sp³-hybridized carbons (Fsp3) is 0.304. The van der Waals surface area contributed by atoms with Gasteiger partial charge in [-0.2, -0.15) is 0 Å². The number of hydrogen-bond donors (Lipinski definition) is 1. The van der Waals surface area contributed by atoms with Gasteiger partial charge in [0.1, 0.15) is 17.4 Å². The molecule has 1 amide bonds. The molecule has 2 aromatic carbocycles. The first-order valence-corrected chi connectivity index (χ1v) is 9.84. The number of carbonyl (C=O) groups excluding carboxylic acids is 1. The van der Waals surface area contributed by atoms with E-state index < -0.39 is 11.6 Å². The number of likely N-dealkylation sites (N-methyl/N-ethyl adjacent to an activating group) is 1. The summed E-state index contributed by atoms with van der Waals surface area (Å²) in [5.74, 6) is -0.255. The fourth-order valence-corrected chi connectivity index (χ4v) is 3.18. The Morgan fingerprint density at radius 1 is 1.19 bits per heavy atom. The maximum Gasteiger partial charge on any atom is 0.220 e. The zero-order chi connectivity index (χ0) is 22.4. The number of rotatable bonds is 9. The molecule has 31 heavy (non-hydrogen) atoms. The van der Waals surface area contributed by atoms with Crippen molar-refractivity contribution in [3.8, 4) is 17.1 Å². The van der Waals surface area contributed by atoms with Crippen molar-refractivity contribution >= 4 is 5.91 Å². The number of halogens is 2. The molecule has 0 saturated carbocycles. The molecule has 3 aromatic rings. The molecule has 0 aliphatic heterocycles. The van der Waals surface area contributed by atoms with Gasteiger partial charge in [-0.1, -0.05) is 12.1 Å². The molecule has 0 spiro atoms. The lowest BCUT2D eigenvalue weighted by atomic mass is 10.1. The second-order valence-corrected chi connectivity index (χ2v) is 7.30. The predicted molar refractivity (Wildman–Crippen MR) is 113 cm³/mol. The Bertz CT molecular complexity index is 1020. The maximum absolute atomic E-state index is 13.9. The number of benzene rings is 2. The summed E-state index contributed by atoms with van der Waals surface area (Å²) in [6.45, 7) is 0.440. The molecule has 1 heterocycles. The quantitative estimate of drug-likeness (QED) is 0.557. The van der Waals surface area contributed by atoms with Crippen molar-refractivity contribution < 1.29 is 22.7 Å². The third-order valence-corrected chi connectivity index (χ3v) is 4.93. The van der Waals surface area contributed by atoms with Crippen LogP contribution in [0.5, 0.6) is 5.75 Å². The number of amides is 1. The first-order valence-electron chi connectivity index (χ1n) is 9.84. The van der Waals surface area contributed by atoms with Crippen LogP contribution in [0.2, 0.25) is 0 Å². The van der Waals surface area contributed by atoms with Crippen molar-refractivity contribution in [1.29, 1.82) is 0 Å². The summed E-state index contributed by atoms with van der Waals surface area (Å²) in [6.07, 6.45) is 1.81. The van der Waals surface area contributed by atoms with Crippen LogP contribution in [0.3, 0.4) is 0 Å². The molecule has 1 unspecified atom stereocenters. The molecule has 0 aliphatic carbocycles. The minimum absolute atomic E-state index is 0.00430. The first-order chi connectivity index (χ1) is 14.9. The SMILES string of the molecule is COc1ccc(C(CNC(=O)CCc2ncc(-c3ccc(F)cc3F)o2)N(C)C)cc1. The third kappa shape index (κ3) is 5.88. The summed E-state index contributed by atoms with van der Waals surface area (Å²) in [4.78, 5) is 18.4. The Morgan fingerprint density at radius 3 is 2.58 bits per heavy atom. The van der Waals surface area contributed by atoms with Gasteiger partial charge in [-0.25, -0.2) is 13.8 Å². The molecule has 1 atom stereocenters. The molecular formula is C23H25F2N3O3. The fourth-order valence-electron chi connectivity index (χ4n) is 3.18. The average Bonchev–Trinajstić information content (AvgIpc) is 3.21. The van der Waals surface area contributed by atoms with Gasteiger partial charge >= 0.3 is 0 Å². The topological polar surface area (TPSA) is 67.6 Å². The number of nitrogens with zero attached hydrogens (tertiary/aromatic N) is 2. The average molecular weight is 429 g/mol. The third-order valence-electron chi connectivity index (χ3n) is 4.93. The van der Waals surface area contributed by atoms with Gasteiger partial charge in [0, 0.05) is 25.5 Å². The molecule has 8 heteroatoms. The van der Waals surface area contributed by atoms with E-state index in [9.17, 15) is 13.6 Å². The Labute approximate surface area is 179 Å². The van der Waals surface area contributed by atoms with Gasteiger partial charge in [0.05, 0.1) is 24.9 Å². The summed E-state index contributed by atoms with van der Waals surface area (Å²) in [6, 6.07) is 11.0. The Morgan fingerprint density at radius 2 is 1.94 bits per heavy atom. The highest BCUT2D eigenvalue weighted by Gasteiger charge is 2.17. The predicted octanol–water partition coefficient (Wildman–Crippen LogP) is 3.98. The summed E-state index contributed by atoms with van der Waals surface area (Å²) in [5.41, 5.74) is 1.18. The molecule has 1 N–H and O–H groups in total. The lowest BCUT2D eigenvalue weighted by Crippen LogP contribution is -2.34. The molecule has 3 rings (SSSR count). The highest BCUT2D eigenvalue weighted by molar-refractivity contribution is 5.76. The van der Waals surface area contributed by atoms with E-state index in [0.29, 0.717) is 12.4 Å². The van der Waals surface area contributed by atoms with Crippen LogP contribution in [0.15, 0.2) is 53.1 Å². The summed E-state index contributed by atoms with van der Waals surface area (Å²) in [5, 5.41) is 2.93. The molecule has 0 aliphatic rings. The van der Waals surface area contributed by atoms with Gasteiger partial charge in [0.2, 0.25) is 5.91 Å². The number of ether oxygens (including phenoxy) is 1. The normalized spacial score (nSPS) is 12.1. The molecule has 0 saturated heterocycles. The molecule has 0 bridgehead atoms. The van der Waals surface area contributed by atoms with Gasteiger partial charge in [0.25, 0.3) is 0 Å². The summed E-state index contributed by atoms with van der Waals surface area (Å²) in [7, 11) is 5.51. The number of hydrogen-bond acceptors (Lipinski definition) is 5. The lowest BCUT2D eigenvalue weighted by molar-refractivity contribution is -0.121. The van der Waals surface area contributed by atoms with Crippen LogP contribution in [0, 0.1) is 11.6 Å². The Kier molecular flexibility index (Phi) is 7.36. The van der Waals surface area contributed by atoms with Gasteiger partial charge < -0.3 is 19.4 Å². The van der Waals surface area contributed by atoms with Crippen LogP contribution in [0.25, 0.3) is 11.3 Å². The second kappa shape index (κ2) is 10.2. The van der Waals surface area contributed by atoms with E-state index in [4.69, 9.17) is 9.15 Å². The minimum Gasteiger partial charge on any atom is -0.497 e. The zero-order valence-electron chi connectivity index (χ0n) is 17.7. The van der Waals surface area contributed by atoms with Crippen LogP contribution >= 0.6 is 0 Å². The van der Waals surface area contributed by atoms with Crippen molar-refractivity contribution in [3.05, 3.63) is 71.8 Å². The first kappa shape index (κ1) is 22.4. The van der Waals surface area contributed by atoms with E-state index in [-0.39, 0.29) is 36.1 Å². The van der Waals surface area contributed by atoms with Crippen LogP contribution < -0.4 is 10.1 Å². The van der Waals surface area contributed by atoms with Crippen molar-refractivity contribution in [3.63, 3.8) is 0 Å². The van der Waals surface area contributed by atoms with E-state index in [1.807, 2.05) is 43.3 Å². The van der Waals surface area contributed by atoms with E-state index in [1.165, 1.54) is 12.3 Å². The standard InChI is InChI=1S/C23H25F2N3O3/c1-28(2)20(15-4-7-17(30-3)8-5-15)13-26-22(29)10-11-23-27-14-21(31-23)18-9-6-16(24)12-19(18)25/h4-9,12,14,20H,10-11,13H2,1-3H3,(H,26,29).